The average Bonchev–Trinajstić information content (AvgIpc) is 2.54. The normalized spacial score (nSPS) is 11.4. The van der Waals surface area contributed by atoms with E-state index in [2.05, 4.69) is 21.1 Å². The van der Waals surface area contributed by atoms with Crippen LogP contribution in [-0.2, 0) is 14.8 Å². The molecule has 0 radical (unpaired) electrons. The highest BCUT2D eigenvalue weighted by atomic mass is 32.2. The van der Waals surface area contributed by atoms with E-state index in [0.29, 0.717) is 18.7 Å². The summed E-state index contributed by atoms with van der Waals surface area (Å²) in [5.74, 6) is 0. The van der Waals surface area contributed by atoms with Gasteiger partial charge in [0.15, 0.2) is 0 Å². The fourth-order valence-electron chi connectivity index (χ4n) is 2.38. The second-order valence-electron chi connectivity index (χ2n) is 5.82. The Morgan fingerprint density at radius 2 is 1.88 bits per heavy atom. The van der Waals surface area contributed by atoms with Crippen LogP contribution in [0.15, 0.2) is 18.3 Å². The topological polar surface area (TPSA) is 104 Å². The van der Waals surface area contributed by atoms with Crippen LogP contribution in [-0.4, -0.2) is 46.0 Å². The Hall–Kier alpha value is -2.21. The van der Waals surface area contributed by atoms with Gasteiger partial charge in [0.1, 0.15) is 6.07 Å². The van der Waals surface area contributed by atoms with Crippen LogP contribution in [0.5, 0.6) is 0 Å². The van der Waals surface area contributed by atoms with Gasteiger partial charge in [-0.1, -0.05) is 0 Å². The minimum absolute atomic E-state index is 0.235. The number of rotatable bonds is 8. The number of hydrogen-bond acceptors (Lipinski definition) is 6. The molecule has 8 heteroatoms. The van der Waals surface area contributed by atoms with Crippen molar-refractivity contribution in [3.05, 3.63) is 35.0 Å². The van der Waals surface area contributed by atoms with Crippen LogP contribution in [0.25, 0.3) is 10.9 Å². The van der Waals surface area contributed by atoms with E-state index in [9.17, 15) is 13.7 Å². The number of aryl methyl sites for hydroxylation is 2. The Morgan fingerprint density at radius 3 is 2.56 bits per heavy atom. The molecule has 0 spiro atoms. The third kappa shape index (κ3) is 5.39. The molecule has 0 aliphatic carbocycles. The molecule has 0 aliphatic rings. The van der Waals surface area contributed by atoms with Crippen molar-refractivity contribution in [1.29, 1.82) is 5.26 Å². The molecule has 2 rings (SSSR count). The molecule has 25 heavy (non-hydrogen) atoms. The zero-order chi connectivity index (χ0) is 18.4. The van der Waals surface area contributed by atoms with E-state index < -0.39 is 10.0 Å². The summed E-state index contributed by atoms with van der Waals surface area (Å²) in [6, 6.07) is 6.19. The Bertz CT molecular complexity index is 904. The first-order valence-electron chi connectivity index (χ1n) is 7.88. The van der Waals surface area contributed by atoms with Gasteiger partial charge in [-0.2, -0.15) is 5.26 Å². The molecule has 0 atom stereocenters. The van der Waals surface area contributed by atoms with Crippen molar-refractivity contribution >= 4 is 26.6 Å². The van der Waals surface area contributed by atoms with Gasteiger partial charge < -0.3 is 10.1 Å². The van der Waals surface area contributed by atoms with Gasteiger partial charge in [-0.3, -0.25) is 4.98 Å². The van der Waals surface area contributed by atoms with E-state index >= 15 is 0 Å². The van der Waals surface area contributed by atoms with Crippen molar-refractivity contribution in [3.8, 4) is 6.07 Å². The number of fused-ring (bicyclic) bond motifs is 1. The molecule has 0 bridgehead atoms. The number of ether oxygens (including phenoxy) is 1. The number of nitrogens with one attached hydrogen (secondary N) is 2. The monoisotopic (exact) mass is 362 g/mol. The third-order valence-corrected chi connectivity index (χ3v) is 4.49. The summed E-state index contributed by atoms with van der Waals surface area (Å²) in [6.07, 6.45) is 2.67. The van der Waals surface area contributed by atoms with Crippen molar-refractivity contribution in [2.24, 2.45) is 0 Å². The number of benzene rings is 1. The number of sulfonamides is 1. The SMILES string of the molecule is Cc1cc2ncc(C#N)c(NCCOCCNS(C)(=O)=O)c2cc1C. The first kappa shape index (κ1) is 19.1. The Kier molecular flexibility index (Phi) is 6.31. The molecule has 0 unspecified atom stereocenters. The second kappa shape index (κ2) is 8.25. The molecule has 2 N–H and O–H groups in total. The zero-order valence-corrected chi connectivity index (χ0v) is 15.4. The van der Waals surface area contributed by atoms with Crippen molar-refractivity contribution in [2.75, 3.05) is 37.9 Å². The smallest absolute Gasteiger partial charge is 0.208 e. The average molecular weight is 362 g/mol. The third-order valence-electron chi connectivity index (χ3n) is 3.76. The molecule has 7 nitrogen and oxygen atoms in total. The Labute approximate surface area is 148 Å². The first-order valence-corrected chi connectivity index (χ1v) is 9.77. The van der Waals surface area contributed by atoms with E-state index in [1.54, 1.807) is 6.20 Å². The van der Waals surface area contributed by atoms with Crippen LogP contribution < -0.4 is 10.0 Å². The Balaban J connectivity index is 2.00. The molecule has 0 aliphatic heterocycles. The largest absolute Gasteiger partial charge is 0.381 e. The van der Waals surface area contributed by atoms with Crippen LogP contribution in [0.4, 0.5) is 5.69 Å². The van der Waals surface area contributed by atoms with Crippen LogP contribution >= 0.6 is 0 Å². The van der Waals surface area contributed by atoms with Gasteiger partial charge in [-0.25, -0.2) is 13.1 Å². The summed E-state index contributed by atoms with van der Waals surface area (Å²) in [6.45, 7) is 5.47. The highest BCUT2D eigenvalue weighted by molar-refractivity contribution is 7.88. The summed E-state index contributed by atoms with van der Waals surface area (Å²) in [4.78, 5) is 4.35. The molecule has 134 valence electrons. The predicted octanol–water partition coefficient (Wildman–Crippen LogP) is 1.70. The van der Waals surface area contributed by atoms with E-state index in [-0.39, 0.29) is 13.2 Å². The molecule has 1 aromatic heterocycles. The lowest BCUT2D eigenvalue weighted by Crippen LogP contribution is -2.26. The van der Waals surface area contributed by atoms with Crippen molar-refractivity contribution < 1.29 is 13.2 Å². The van der Waals surface area contributed by atoms with E-state index in [1.165, 1.54) is 0 Å². The highest BCUT2D eigenvalue weighted by Crippen LogP contribution is 2.27. The fraction of sp³-hybridized carbons (Fsp3) is 0.412. The molecule has 0 saturated heterocycles. The number of nitrogens with zero attached hydrogens (tertiary/aromatic N) is 2. The lowest BCUT2D eigenvalue weighted by Gasteiger charge is -2.13. The van der Waals surface area contributed by atoms with Gasteiger partial charge >= 0.3 is 0 Å². The van der Waals surface area contributed by atoms with Gasteiger partial charge in [-0.15, -0.1) is 0 Å². The van der Waals surface area contributed by atoms with Crippen LogP contribution in [0.3, 0.4) is 0 Å². The van der Waals surface area contributed by atoms with Crippen molar-refractivity contribution in [1.82, 2.24) is 9.71 Å². The summed E-state index contributed by atoms with van der Waals surface area (Å²) >= 11 is 0. The second-order valence-corrected chi connectivity index (χ2v) is 7.65. The molecule has 2 aromatic rings. The lowest BCUT2D eigenvalue weighted by molar-refractivity contribution is 0.149. The van der Waals surface area contributed by atoms with Gasteiger partial charge in [0.05, 0.1) is 36.2 Å². The number of pyridine rings is 1. The molecule has 0 saturated carbocycles. The van der Waals surface area contributed by atoms with E-state index in [4.69, 9.17) is 4.74 Å². The maximum absolute atomic E-state index is 10.9. The maximum atomic E-state index is 10.9. The fourth-order valence-corrected chi connectivity index (χ4v) is 2.83. The summed E-state index contributed by atoms with van der Waals surface area (Å²) in [5, 5.41) is 13.5. The molecule has 0 amide bonds. The standard InChI is InChI=1S/C17H22N4O3S/c1-12-8-15-16(9-13(12)2)20-11-14(10-18)17(15)19-4-6-24-7-5-21-25(3,22)23/h8-9,11,21H,4-7H2,1-3H3,(H,19,20). The van der Waals surface area contributed by atoms with Gasteiger partial charge in [0.2, 0.25) is 10.0 Å². The molecule has 1 aromatic carbocycles. The minimum atomic E-state index is -3.19. The summed E-state index contributed by atoms with van der Waals surface area (Å²) in [5.41, 5.74) is 4.35. The summed E-state index contributed by atoms with van der Waals surface area (Å²) in [7, 11) is -3.19. The van der Waals surface area contributed by atoms with E-state index in [1.807, 2.05) is 26.0 Å². The molecule has 1 heterocycles. The van der Waals surface area contributed by atoms with Crippen LogP contribution in [0, 0.1) is 25.2 Å². The zero-order valence-electron chi connectivity index (χ0n) is 14.6. The Morgan fingerprint density at radius 1 is 1.20 bits per heavy atom. The van der Waals surface area contributed by atoms with Crippen LogP contribution in [0.1, 0.15) is 16.7 Å². The molecule has 0 fully saturated rings. The number of nitriles is 1. The predicted molar refractivity (Wildman–Crippen MR) is 98.1 cm³/mol. The van der Waals surface area contributed by atoms with Crippen molar-refractivity contribution in [3.63, 3.8) is 0 Å². The van der Waals surface area contributed by atoms with Gasteiger partial charge in [0.25, 0.3) is 0 Å². The van der Waals surface area contributed by atoms with Gasteiger partial charge in [-0.05, 0) is 37.1 Å². The van der Waals surface area contributed by atoms with Gasteiger partial charge in [0, 0.05) is 24.7 Å². The lowest BCUT2D eigenvalue weighted by atomic mass is 10.0. The van der Waals surface area contributed by atoms with Crippen molar-refractivity contribution in [2.45, 2.75) is 13.8 Å². The molecular formula is C17H22N4O3S. The number of hydrogen-bond donors (Lipinski definition) is 2. The first-order chi connectivity index (χ1) is 11.8. The maximum Gasteiger partial charge on any atom is 0.208 e. The molecular weight excluding hydrogens is 340 g/mol. The van der Waals surface area contributed by atoms with Crippen LogP contribution in [0.2, 0.25) is 0 Å². The van der Waals surface area contributed by atoms with E-state index in [0.717, 1.165) is 34.0 Å². The number of aromatic nitrogens is 1. The minimum Gasteiger partial charge on any atom is -0.381 e. The quantitative estimate of drug-likeness (QED) is 0.693. The highest BCUT2D eigenvalue weighted by Gasteiger charge is 2.10. The number of anilines is 1. The summed E-state index contributed by atoms with van der Waals surface area (Å²) < 4.78 is 29.6.